The van der Waals surface area contributed by atoms with Gasteiger partial charge in [0.15, 0.2) is 0 Å². The van der Waals surface area contributed by atoms with Gasteiger partial charge >= 0.3 is 0 Å². The second-order valence-corrected chi connectivity index (χ2v) is 6.84. The summed E-state index contributed by atoms with van der Waals surface area (Å²) in [6.07, 6.45) is 3.40. The molecule has 0 spiro atoms. The fraction of sp³-hybridized carbons (Fsp3) is 0.333. The zero-order valence-corrected chi connectivity index (χ0v) is 14.7. The number of hydrogen-bond acceptors (Lipinski definition) is 3. The molecule has 1 fully saturated rings. The van der Waals surface area contributed by atoms with Crippen LogP contribution in [0.1, 0.15) is 28.8 Å². The van der Waals surface area contributed by atoms with E-state index >= 15 is 0 Å². The molecule has 1 aliphatic rings. The second kappa shape index (κ2) is 7.97. The smallest absolute Gasteiger partial charge is 0.253 e. The fourth-order valence-electron chi connectivity index (χ4n) is 2.86. The molecule has 1 N–H and O–H groups in total. The lowest BCUT2D eigenvalue weighted by Gasteiger charge is -2.32. The van der Waals surface area contributed by atoms with Crippen molar-refractivity contribution in [2.24, 2.45) is 0 Å². The van der Waals surface area contributed by atoms with Crippen LogP contribution in [0.25, 0.3) is 0 Å². The molecule has 1 amide bonds. The van der Waals surface area contributed by atoms with E-state index in [1.165, 1.54) is 11.8 Å². The number of carbonyl (C=O) groups excluding carboxylic acids is 1. The highest BCUT2D eigenvalue weighted by atomic mass is 35.5. The van der Waals surface area contributed by atoms with Crippen LogP contribution in [0.4, 0.5) is 0 Å². The molecule has 1 aromatic carbocycles. The van der Waals surface area contributed by atoms with Gasteiger partial charge in [0, 0.05) is 36.9 Å². The van der Waals surface area contributed by atoms with Crippen LogP contribution in [0.2, 0.25) is 10.2 Å². The molecule has 6 heteroatoms. The largest absolute Gasteiger partial charge is 0.349 e. The number of aromatic nitrogens is 1. The van der Waals surface area contributed by atoms with E-state index in [1.54, 1.807) is 12.1 Å². The lowest BCUT2D eigenvalue weighted by Crippen LogP contribution is -2.44. The molecule has 24 heavy (non-hydrogen) atoms. The zero-order chi connectivity index (χ0) is 16.9. The van der Waals surface area contributed by atoms with Crippen molar-refractivity contribution >= 4 is 29.1 Å². The molecular weight excluding hydrogens is 345 g/mol. The first-order valence-electron chi connectivity index (χ1n) is 7.99. The number of pyridine rings is 1. The van der Waals surface area contributed by atoms with E-state index in [4.69, 9.17) is 23.2 Å². The van der Waals surface area contributed by atoms with Gasteiger partial charge in [-0.1, -0.05) is 35.3 Å². The van der Waals surface area contributed by atoms with Crippen LogP contribution in [0, 0.1) is 0 Å². The predicted octanol–water partition coefficient (Wildman–Crippen LogP) is 3.78. The van der Waals surface area contributed by atoms with Crippen LogP contribution < -0.4 is 5.32 Å². The van der Waals surface area contributed by atoms with Crippen molar-refractivity contribution < 1.29 is 4.79 Å². The summed E-state index contributed by atoms with van der Waals surface area (Å²) < 4.78 is 0. The highest BCUT2D eigenvalue weighted by Crippen LogP contribution is 2.16. The lowest BCUT2D eigenvalue weighted by molar-refractivity contribution is 0.0908. The van der Waals surface area contributed by atoms with Gasteiger partial charge < -0.3 is 5.32 Å². The van der Waals surface area contributed by atoms with E-state index in [9.17, 15) is 4.79 Å². The molecule has 3 rings (SSSR count). The van der Waals surface area contributed by atoms with Gasteiger partial charge in [0.25, 0.3) is 5.91 Å². The summed E-state index contributed by atoms with van der Waals surface area (Å²) in [6.45, 7) is 2.85. The number of rotatable bonds is 4. The van der Waals surface area contributed by atoms with Gasteiger partial charge in [-0.05, 0) is 42.7 Å². The molecule has 1 aromatic heterocycles. The summed E-state index contributed by atoms with van der Waals surface area (Å²) in [5.74, 6) is -0.0877. The van der Waals surface area contributed by atoms with Crippen molar-refractivity contribution in [2.75, 3.05) is 13.1 Å². The first-order chi connectivity index (χ1) is 11.6. The molecule has 0 radical (unpaired) electrons. The Balaban J connectivity index is 1.47. The van der Waals surface area contributed by atoms with Gasteiger partial charge in [-0.25, -0.2) is 4.98 Å². The summed E-state index contributed by atoms with van der Waals surface area (Å²) in [7, 11) is 0. The number of carbonyl (C=O) groups is 1. The predicted molar refractivity (Wildman–Crippen MR) is 96.5 cm³/mol. The third-order valence-electron chi connectivity index (χ3n) is 4.23. The monoisotopic (exact) mass is 363 g/mol. The Morgan fingerprint density at radius 2 is 1.83 bits per heavy atom. The summed E-state index contributed by atoms with van der Waals surface area (Å²) >= 11 is 11.7. The van der Waals surface area contributed by atoms with Crippen molar-refractivity contribution in [1.82, 2.24) is 15.2 Å². The average Bonchev–Trinajstić information content (AvgIpc) is 2.59. The van der Waals surface area contributed by atoms with Crippen LogP contribution >= 0.6 is 23.2 Å². The minimum absolute atomic E-state index is 0.0877. The Labute approximate surface area is 151 Å². The van der Waals surface area contributed by atoms with E-state index in [0.717, 1.165) is 37.5 Å². The number of piperidine rings is 1. The van der Waals surface area contributed by atoms with Gasteiger partial charge in [-0.3, -0.25) is 9.69 Å². The maximum absolute atomic E-state index is 12.2. The van der Waals surface area contributed by atoms with Crippen LogP contribution in [0.15, 0.2) is 42.6 Å². The Kier molecular flexibility index (Phi) is 5.72. The Bertz CT molecular complexity index is 680. The third-order valence-corrected chi connectivity index (χ3v) is 4.71. The highest BCUT2D eigenvalue weighted by Gasteiger charge is 2.21. The SMILES string of the molecule is O=C(NC1CCN(Cc2ccc(Cl)cc2)CC1)c1ccc(Cl)nc1. The van der Waals surface area contributed by atoms with Crippen molar-refractivity contribution in [3.63, 3.8) is 0 Å². The van der Waals surface area contributed by atoms with Crippen LogP contribution in [-0.2, 0) is 6.54 Å². The molecular formula is C18H19Cl2N3O. The van der Waals surface area contributed by atoms with Crippen molar-refractivity contribution in [2.45, 2.75) is 25.4 Å². The first-order valence-corrected chi connectivity index (χ1v) is 8.75. The standard InChI is InChI=1S/C18H19Cl2N3O/c19-15-4-1-13(2-5-15)12-23-9-7-16(8-10-23)22-18(24)14-3-6-17(20)21-11-14/h1-6,11,16H,7-10,12H2,(H,22,24). The van der Waals surface area contributed by atoms with Gasteiger partial charge in [0.05, 0.1) is 5.56 Å². The van der Waals surface area contributed by atoms with Crippen LogP contribution in [0.3, 0.4) is 0 Å². The van der Waals surface area contributed by atoms with E-state index in [2.05, 4.69) is 27.3 Å². The minimum Gasteiger partial charge on any atom is -0.349 e. The quantitative estimate of drug-likeness (QED) is 0.840. The first kappa shape index (κ1) is 17.2. The van der Waals surface area contributed by atoms with Crippen molar-refractivity contribution in [3.05, 3.63) is 63.9 Å². The number of halogens is 2. The number of benzene rings is 1. The lowest BCUT2D eigenvalue weighted by atomic mass is 10.0. The molecule has 2 aromatic rings. The molecule has 126 valence electrons. The summed E-state index contributed by atoms with van der Waals surface area (Å²) in [6, 6.07) is 11.5. The maximum atomic E-state index is 12.2. The van der Waals surface area contributed by atoms with Crippen molar-refractivity contribution in [1.29, 1.82) is 0 Å². The Hall–Kier alpha value is -1.62. The van der Waals surface area contributed by atoms with E-state index in [-0.39, 0.29) is 11.9 Å². The van der Waals surface area contributed by atoms with Gasteiger partial charge in [-0.15, -0.1) is 0 Å². The molecule has 0 aliphatic carbocycles. The average molecular weight is 364 g/mol. The van der Waals surface area contributed by atoms with Crippen LogP contribution in [-0.4, -0.2) is 34.9 Å². The van der Waals surface area contributed by atoms with Crippen molar-refractivity contribution in [3.8, 4) is 0 Å². The molecule has 0 saturated carbocycles. The minimum atomic E-state index is -0.0877. The Morgan fingerprint density at radius 1 is 1.12 bits per heavy atom. The van der Waals surface area contributed by atoms with E-state index < -0.39 is 0 Å². The molecule has 0 atom stereocenters. The number of nitrogens with one attached hydrogen (secondary N) is 1. The van der Waals surface area contributed by atoms with Gasteiger partial charge in [-0.2, -0.15) is 0 Å². The molecule has 2 heterocycles. The van der Waals surface area contributed by atoms with Gasteiger partial charge in [0.1, 0.15) is 5.15 Å². The molecule has 1 aliphatic heterocycles. The summed E-state index contributed by atoms with van der Waals surface area (Å²) in [5.41, 5.74) is 1.80. The molecule has 4 nitrogen and oxygen atoms in total. The highest BCUT2D eigenvalue weighted by molar-refractivity contribution is 6.30. The number of likely N-dealkylation sites (tertiary alicyclic amines) is 1. The number of nitrogens with zero attached hydrogens (tertiary/aromatic N) is 2. The second-order valence-electron chi connectivity index (χ2n) is 6.02. The van der Waals surface area contributed by atoms with E-state index in [1.807, 2.05) is 12.1 Å². The van der Waals surface area contributed by atoms with Crippen LogP contribution in [0.5, 0.6) is 0 Å². The van der Waals surface area contributed by atoms with Gasteiger partial charge in [0.2, 0.25) is 0 Å². The topological polar surface area (TPSA) is 45.2 Å². The molecule has 0 bridgehead atoms. The fourth-order valence-corrected chi connectivity index (χ4v) is 3.10. The Morgan fingerprint density at radius 3 is 2.46 bits per heavy atom. The maximum Gasteiger partial charge on any atom is 0.253 e. The third kappa shape index (κ3) is 4.69. The normalized spacial score (nSPS) is 16.1. The summed E-state index contributed by atoms with van der Waals surface area (Å²) in [4.78, 5) is 18.6. The summed E-state index contributed by atoms with van der Waals surface area (Å²) in [5, 5.41) is 4.23. The zero-order valence-electron chi connectivity index (χ0n) is 13.2. The number of amides is 1. The molecule has 1 saturated heterocycles. The van der Waals surface area contributed by atoms with E-state index in [0.29, 0.717) is 10.7 Å². The molecule has 0 unspecified atom stereocenters. The number of hydrogen-bond donors (Lipinski definition) is 1.